The summed E-state index contributed by atoms with van der Waals surface area (Å²) < 4.78 is 28.7. The molecule has 2 heterocycles. The van der Waals surface area contributed by atoms with Crippen LogP contribution in [-0.4, -0.2) is 41.7 Å². The minimum absolute atomic E-state index is 0.220. The van der Waals surface area contributed by atoms with E-state index in [1.54, 1.807) is 21.3 Å². The molecular formula is C21H24NO5+. The van der Waals surface area contributed by atoms with Gasteiger partial charge in [0.25, 0.3) is 0 Å². The molecule has 142 valence electrons. The van der Waals surface area contributed by atoms with Gasteiger partial charge in [-0.05, 0) is 23.3 Å². The number of benzene rings is 2. The maximum Gasteiger partial charge on any atom is 0.231 e. The second kappa shape index (κ2) is 5.96. The van der Waals surface area contributed by atoms with Gasteiger partial charge in [-0.3, -0.25) is 0 Å². The smallest absolute Gasteiger partial charge is 0.231 e. The lowest BCUT2D eigenvalue weighted by Gasteiger charge is -2.38. The number of rotatable bonds is 3. The van der Waals surface area contributed by atoms with Gasteiger partial charge in [-0.15, -0.1) is 0 Å². The highest BCUT2D eigenvalue weighted by molar-refractivity contribution is 5.87. The van der Waals surface area contributed by atoms with E-state index in [2.05, 4.69) is 19.2 Å². The molecule has 2 unspecified atom stereocenters. The van der Waals surface area contributed by atoms with Crippen LogP contribution in [0.15, 0.2) is 12.1 Å². The zero-order valence-corrected chi connectivity index (χ0v) is 16.1. The van der Waals surface area contributed by atoms with E-state index < -0.39 is 0 Å². The molecule has 6 nitrogen and oxygen atoms in total. The third-order valence-electron chi connectivity index (χ3n) is 6.13. The lowest BCUT2D eigenvalue weighted by Crippen LogP contribution is -3.10. The van der Waals surface area contributed by atoms with Gasteiger partial charge in [0.05, 0.1) is 34.9 Å². The summed E-state index contributed by atoms with van der Waals surface area (Å²) in [5.74, 6) is 3.84. The fourth-order valence-corrected chi connectivity index (χ4v) is 4.84. The number of hydrogen-bond donors (Lipinski definition) is 1. The molecule has 0 saturated carbocycles. The molecule has 1 aliphatic carbocycles. The van der Waals surface area contributed by atoms with Crippen molar-refractivity contribution in [2.24, 2.45) is 0 Å². The van der Waals surface area contributed by atoms with Crippen LogP contribution in [0.3, 0.4) is 0 Å². The molecule has 27 heavy (non-hydrogen) atoms. The molecule has 2 aliphatic heterocycles. The van der Waals surface area contributed by atoms with Crippen LogP contribution in [0.25, 0.3) is 11.1 Å². The van der Waals surface area contributed by atoms with Crippen LogP contribution in [0.1, 0.15) is 22.7 Å². The molecule has 0 saturated heterocycles. The maximum absolute atomic E-state index is 5.95. The Kier molecular flexibility index (Phi) is 3.65. The second-order valence-corrected chi connectivity index (χ2v) is 7.33. The second-order valence-electron chi connectivity index (χ2n) is 7.33. The third kappa shape index (κ3) is 2.16. The lowest BCUT2D eigenvalue weighted by molar-refractivity contribution is -0.914. The summed E-state index contributed by atoms with van der Waals surface area (Å²) in [5.41, 5.74) is 6.11. The maximum atomic E-state index is 5.95. The largest absolute Gasteiger partial charge is 0.493 e. The number of fused-ring (bicyclic) bond motifs is 4. The third-order valence-corrected chi connectivity index (χ3v) is 6.13. The zero-order valence-electron chi connectivity index (χ0n) is 16.1. The molecule has 2 aromatic rings. The predicted molar refractivity (Wildman–Crippen MR) is 99.6 cm³/mol. The van der Waals surface area contributed by atoms with E-state index in [1.165, 1.54) is 21.6 Å². The Labute approximate surface area is 158 Å². The molecule has 0 bridgehead atoms. The molecule has 5 rings (SSSR count). The van der Waals surface area contributed by atoms with Crippen molar-refractivity contribution in [2.75, 3.05) is 41.7 Å². The van der Waals surface area contributed by atoms with Gasteiger partial charge in [0.2, 0.25) is 12.5 Å². The summed E-state index contributed by atoms with van der Waals surface area (Å²) in [7, 11) is 7.32. The number of likely N-dealkylation sites (N-methyl/N-ethyl adjacent to an activating group) is 1. The van der Waals surface area contributed by atoms with E-state index >= 15 is 0 Å². The minimum Gasteiger partial charge on any atom is -0.493 e. The van der Waals surface area contributed by atoms with Crippen molar-refractivity contribution in [2.45, 2.75) is 18.9 Å². The molecule has 0 fully saturated rings. The number of hydrogen-bond acceptors (Lipinski definition) is 5. The van der Waals surface area contributed by atoms with Gasteiger partial charge < -0.3 is 28.6 Å². The van der Waals surface area contributed by atoms with Crippen LogP contribution >= 0.6 is 0 Å². The normalized spacial score (nSPS) is 21.3. The Morgan fingerprint density at radius 1 is 1.00 bits per heavy atom. The molecule has 2 atom stereocenters. The van der Waals surface area contributed by atoms with Crippen LogP contribution < -0.4 is 28.6 Å². The molecule has 0 spiro atoms. The average Bonchev–Trinajstić information content (AvgIpc) is 3.18. The van der Waals surface area contributed by atoms with Gasteiger partial charge in [0, 0.05) is 29.5 Å². The SMILES string of the molecule is COc1cc2c(cc1OC)-c1c3c(c(OC)c4c1C(C2)[NH+](C)CC4)OCO3. The monoisotopic (exact) mass is 370 g/mol. The van der Waals surface area contributed by atoms with Crippen molar-refractivity contribution >= 4 is 0 Å². The summed E-state index contributed by atoms with van der Waals surface area (Å²) in [6.45, 7) is 1.29. The van der Waals surface area contributed by atoms with E-state index in [9.17, 15) is 0 Å². The topological polar surface area (TPSA) is 50.6 Å². The number of quaternary nitrogens is 1. The van der Waals surface area contributed by atoms with E-state index in [0.717, 1.165) is 59.3 Å². The predicted octanol–water partition coefficient (Wildman–Crippen LogP) is 1.78. The fraction of sp³-hybridized carbons (Fsp3) is 0.429. The summed E-state index contributed by atoms with van der Waals surface area (Å²) in [6, 6.07) is 4.53. The van der Waals surface area contributed by atoms with Gasteiger partial charge >= 0.3 is 0 Å². The van der Waals surface area contributed by atoms with Crippen LogP contribution in [0.4, 0.5) is 0 Å². The van der Waals surface area contributed by atoms with Crippen molar-refractivity contribution < 1.29 is 28.6 Å². The highest BCUT2D eigenvalue weighted by Gasteiger charge is 2.43. The van der Waals surface area contributed by atoms with Gasteiger partial charge in [0.1, 0.15) is 6.04 Å². The van der Waals surface area contributed by atoms with Crippen LogP contribution in [-0.2, 0) is 12.8 Å². The van der Waals surface area contributed by atoms with Crippen molar-refractivity contribution in [1.29, 1.82) is 0 Å². The minimum atomic E-state index is 0.220. The molecule has 3 aliphatic rings. The van der Waals surface area contributed by atoms with Gasteiger partial charge in [-0.25, -0.2) is 0 Å². The van der Waals surface area contributed by atoms with Crippen LogP contribution in [0, 0.1) is 0 Å². The summed E-state index contributed by atoms with van der Waals surface area (Å²) in [4.78, 5) is 1.50. The lowest BCUT2D eigenvalue weighted by atomic mass is 9.76. The van der Waals surface area contributed by atoms with Crippen LogP contribution in [0.5, 0.6) is 28.7 Å². The first-order valence-electron chi connectivity index (χ1n) is 9.27. The summed E-state index contributed by atoms with van der Waals surface area (Å²) >= 11 is 0. The first-order valence-corrected chi connectivity index (χ1v) is 9.27. The van der Waals surface area contributed by atoms with Gasteiger partial charge in [0.15, 0.2) is 23.0 Å². The summed E-state index contributed by atoms with van der Waals surface area (Å²) in [5, 5.41) is 0. The molecule has 6 heteroatoms. The number of methoxy groups -OCH3 is 3. The van der Waals surface area contributed by atoms with Crippen molar-refractivity contribution in [3.8, 4) is 39.9 Å². The molecule has 0 amide bonds. The molecular weight excluding hydrogens is 346 g/mol. The zero-order chi connectivity index (χ0) is 18.7. The molecule has 0 aromatic heterocycles. The van der Waals surface area contributed by atoms with Crippen LogP contribution in [0.2, 0.25) is 0 Å². The molecule has 2 aromatic carbocycles. The van der Waals surface area contributed by atoms with Crippen molar-refractivity contribution in [3.63, 3.8) is 0 Å². The van der Waals surface area contributed by atoms with Crippen molar-refractivity contribution in [3.05, 3.63) is 28.8 Å². The van der Waals surface area contributed by atoms with E-state index in [1.807, 2.05) is 0 Å². The highest BCUT2D eigenvalue weighted by atomic mass is 16.7. The Balaban J connectivity index is 1.86. The average molecular weight is 370 g/mol. The summed E-state index contributed by atoms with van der Waals surface area (Å²) in [6.07, 6.45) is 1.91. The Hall–Kier alpha value is -2.60. The van der Waals surface area contributed by atoms with Crippen molar-refractivity contribution in [1.82, 2.24) is 0 Å². The van der Waals surface area contributed by atoms with Gasteiger partial charge in [-0.1, -0.05) is 0 Å². The Morgan fingerprint density at radius 3 is 2.48 bits per heavy atom. The molecule has 0 radical (unpaired) electrons. The quantitative estimate of drug-likeness (QED) is 0.893. The highest BCUT2D eigenvalue weighted by Crippen LogP contribution is 2.57. The van der Waals surface area contributed by atoms with E-state index in [4.69, 9.17) is 23.7 Å². The standard InChI is InChI=1S/C21H23NO5/c1-22-6-5-12-17-14(22)7-11-8-15(23-2)16(24-3)9-13(11)18(17)20-21(19(12)25-4)27-10-26-20/h8-9,14H,5-7,10H2,1-4H3/p+1. The Morgan fingerprint density at radius 2 is 1.74 bits per heavy atom. The van der Waals surface area contributed by atoms with E-state index in [0.29, 0.717) is 6.04 Å². The first kappa shape index (κ1) is 16.6. The number of ether oxygens (including phenoxy) is 5. The van der Waals surface area contributed by atoms with Gasteiger partial charge in [-0.2, -0.15) is 0 Å². The molecule has 1 N–H and O–H groups in total. The number of nitrogens with one attached hydrogen (secondary N) is 1. The fourth-order valence-electron chi connectivity index (χ4n) is 4.84. The van der Waals surface area contributed by atoms with E-state index in [-0.39, 0.29) is 6.79 Å². The Bertz CT molecular complexity index is 939. The first-order chi connectivity index (χ1) is 13.2.